The van der Waals surface area contributed by atoms with Gasteiger partial charge in [0.2, 0.25) is 5.91 Å². The third-order valence-corrected chi connectivity index (χ3v) is 5.44. The van der Waals surface area contributed by atoms with Gasteiger partial charge in [-0.25, -0.2) is 10.4 Å². The zero-order valence-corrected chi connectivity index (χ0v) is 19.6. The number of ether oxygens (including phenoxy) is 2. The van der Waals surface area contributed by atoms with Gasteiger partial charge in [0, 0.05) is 22.7 Å². The largest absolute Gasteiger partial charge is 0.493 e. The molecule has 0 fully saturated rings. The Bertz CT molecular complexity index is 1180. The van der Waals surface area contributed by atoms with Crippen LogP contribution in [0.1, 0.15) is 23.7 Å². The number of carbonyl (C=O) groups excluding carboxylic acids is 1. The van der Waals surface area contributed by atoms with E-state index >= 15 is 0 Å². The number of methoxy groups -OCH3 is 1. The van der Waals surface area contributed by atoms with E-state index in [0.29, 0.717) is 39.5 Å². The first kappa shape index (κ1) is 25.3. The van der Waals surface area contributed by atoms with Crippen molar-refractivity contribution in [2.45, 2.75) is 19.5 Å². The van der Waals surface area contributed by atoms with Crippen LogP contribution in [-0.4, -0.2) is 30.8 Å². The van der Waals surface area contributed by atoms with Gasteiger partial charge >= 0.3 is 6.18 Å². The molecular weight excluding hydrogens is 493 g/mol. The molecule has 3 rings (SSSR count). The summed E-state index contributed by atoms with van der Waals surface area (Å²) >= 11 is 7.38. The SMILES string of the molecule is CCOc1cc(/C=N\NC(=O)Cc2csc(Nc3cccc(C(F)(F)F)c3)n2)c(Cl)cc1OC. The van der Waals surface area contributed by atoms with E-state index < -0.39 is 17.6 Å². The van der Waals surface area contributed by atoms with Gasteiger partial charge < -0.3 is 14.8 Å². The summed E-state index contributed by atoms with van der Waals surface area (Å²) in [6, 6.07) is 8.01. The molecule has 1 heterocycles. The molecule has 34 heavy (non-hydrogen) atoms. The maximum Gasteiger partial charge on any atom is 0.416 e. The lowest BCUT2D eigenvalue weighted by molar-refractivity contribution is -0.137. The van der Waals surface area contributed by atoms with Crippen molar-refractivity contribution < 1.29 is 27.4 Å². The van der Waals surface area contributed by atoms with Gasteiger partial charge in [-0.3, -0.25) is 4.79 Å². The molecule has 0 saturated heterocycles. The van der Waals surface area contributed by atoms with Gasteiger partial charge in [0.1, 0.15) is 0 Å². The monoisotopic (exact) mass is 512 g/mol. The second-order valence-electron chi connectivity index (χ2n) is 6.78. The molecule has 2 aromatic carbocycles. The fourth-order valence-electron chi connectivity index (χ4n) is 2.80. The van der Waals surface area contributed by atoms with Gasteiger partial charge in [0.05, 0.1) is 42.6 Å². The topological polar surface area (TPSA) is 84.8 Å². The molecule has 180 valence electrons. The Morgan fingerprint density at radius 3 is 2.76 bits per heavy atom. The standard InChI is InChI=1S/C22H20ClF3N4O3S/c1-3-33-19-7-13(17(23)10-18(19)32-2)11-27-30-20(31)9-16-12-34-21(29-16)28-15-6-4-5-14(8-15)22(24,25)26/h4-8,10-12H,3,9H2,1-2H3,(H,28,29)(H,30,31)/b27-11-. The van der Waals surface area contributed by atoms with E-state index in [-0.39, 0.29) is 12.1 Å². The Labute approximate surface area is 202 Å². The Kier molecular flexibility index (Phi) is 8.35. The summed E-state index contributed by atoms with van der Waals surface area (Å²) < 4.78 is 49.3. The van der Waals surface area contributed by atoms with Gasteiger partial charge in [0.15, 0.2) is 16.6 Å². The molecule has 7 nitrogen and oxygen atoms in total. The molecule has 1 amide bonds. The van der Waals surface area contributed by atoms with Crippen molar-refractivity contribution >= 4 is 45.9 Å². The quantitative estimate of drug-likeness (QED) is 0.285. The lowest BCUT2D eigenvalue weighted by Crippen LogP contribution is -2.20. The van der Waals surface area contributed by atoms with E-state index in [1.807, 2.05) is 6.92 Å². The minimum absolute atomic E-state index is 0.0708. The van der Waals surface area contributed by atoms with E-state index in [9.17, 15) is 18.0 Å². The van der Waals surface area contributed by atoms with Crippen LogP contribution in [0.4, 0.5) is 24.0 Å². The van der Waals surface area contributed by atoms with Gasteiger partial charge in [-0.15, -0.1) is 11.3 Å². The number of halogens is 4. The zero-order chi connectivity index (χ0) is 24.7. The van der Waals surface area contributed by atoms with Crippen molar-refractivity contribution in [3.05, 3.63) is 63.6 Å². The molecule has 0 unspecified atom stereocenters. The van der Waals surface area contributed by atoms with Crippen molar-refractivity contribution in [3.63, 3.8) is 0 Å². The Hall–Kier alpha value is -3.31. The number of hydrogen-bond donors (Lipinski definition) is 2. The Balaban J connectivity index is 1.58. The van der Waals surface area contributed by atoms with E-state index in [1.54, 1.807) is 17.5 Å². The summed E-state index contributed by atoms with van der Waals surface area (Å²) in [6.07, 6.45) is -3.13. The molecule has 0 saturated carbocycles. The highest BCUT2D eigenvalue weighted by molar-refractivity contribution is 7.13. The third-order valence-electron chi connectivity index (χ3n) is 4.31. The second-order valence-corrected chi connectivity index (χ2v) is 8.04. The molecular formula is C22H20ClF3N4O3S. The first-order chi connectivity index (χ1) is 16.2. The number of hydrogen-bond acceptors (Lipinski definition) is 7. The van der Waals surface area contributed by atoms with E-state index in [4.69, 9.17) is 21.1 Å². The minimum Gasteiger partial charge on any atom is -0.493 e. The highest BCUT2D eigenvalue weighted by Crippen LogP contribution is 2.33. The number of thiazole rings is 1. The van der Waals surface area contributed by atoms with Crippen LogP contribution in [0.3, 0.4) is 0 Å². The molecule has 0 aliphatic rings. The number of benzene rings is 2. The van der Waals surface area contributed by atoms with Gasteiger partial charge in [-0.2, -0.15) is 18.3 Å². The van der Waals surface area contributed by atoms with Gasteiger partial charge in [-0.1, -0.05) is 17.7 Å². The smallest absolute Gasteiger partial charge is 0.416 e. The van der Waals surface area contributed by atoms with Crippen LogP contribution in [0, 0.1) is 0 Å². The molecule has 0 aliphatic carbocycles. The lowest BCUT2D eigenvalue weighted by Gasteiger charge is -2.11. The third kappa shape index (κ3) is 6.84. The average molecular weight is 513 g/mol. The van der Waals surface area contributed by atoms with Crippen LogP contribution < -0.4 is 20.2 Å². The summed E-state index contributed by atoms with van der Waals surface area (Å²) in [7, 11) is 1.50. The second kappa shape index (κ2) is 11.2. The van der Waals surface area contributed by atoms with Crippen LogP contribution >= 0.6 is 22.9 Å². The summed E-state index contributed by atoms with van der Waals surface area (Å²) in [5, 5.41) is 9.08. The van der Waals surface area contributed by atoms with Crippen molar-refractivity contribution in [1.29, 1.82) is 0 Å². The van der Waals surface area contributed by atoms with E-state index in [2.05, 4.69) is 20.8 Å². The average Bonchev–Trinajstić information content (AvgIpc) is 3.21. The Morgan fingerprint density at radius 1 is 1.26 bits per heavy atom. The first-order valence-corrected chi connectivity index (χ1v) is 11.2. The number of hydrazone groups is 1. The summed E-state index contributed by atoms with van der Waals surface area (Å²) in [5.74, 6) is 0.540. The molecule has 2 N–H and O–H groups in total. The number of aromatic nitrogens is 1. The van der Waals surface area contributed by atoms with Crippen LogP contribution in [0.5, 0.6) is 11.5 Å². The summed E-state index contributed by atoms with van der Waals surface area (Å²) in [5.41, 5.74) is 2.82. The maximum absolute atomic E-state index is 12.9. The molecule has 1 aromatic heterocycles. The fourth-order valence-corrected chi connectivity index (χ4v) is 3.73. The highest BCUT2D eigenvalue weighted by Gasteiger charge is 2.30. The van der Waals surface area contributed by atoms with Crippen LogP contribution in [0.2, 0.25) is 5.02 Å². The molecule has 0 atom stereocenters. The number of carbonyl (C=O) groups is 1. The predicted molar refractivity (Wildman–Crippen MR) is 125 cm³/mol. The van der Waals surface area contributed by atoms with Crippen LogP contribution in [0.15, 0.2) is 46.9 Å². The van der Waals surface area contributed by atoms with Crippen molar-refractivity contribution in [3.8, 4) is 11.5 Å². The molecule has 0 radical (unpaired) electrons. The fraction of sp³-hybridized carbons (Fsp3) is 0.227. The van der Waals surface area contributed by atoms with Crippen molar-refractivity contribution in [2.75, 3.05) is 19.0 Å². The maximum atomic E-state index is 12.9. The lowest BCUT2D eigenvalue weighted by atomic mass is 10.2. The molecule has 0 aliphatic heterocycles. The van der Waals surface area contributed by atoms with Crippen molar-refractivity contribution in [2.24, 2.45) is 5.10 Å². The number of anilines is 2. The molecule has 3 aromatic rings. The van der Waals surface area contributed by atoms with Crippen LogP contribution in [0.25, 0.3) is 0 Å². The van der Waals surface area contributed by atoms with Gasteiger partial charge in [-0.05, 0) is 31.2 Å². The number of nitrogens with one attached hydrogen (secondary N) is 2. The summed E-state index contributed by atoms with van der Waals surface area (Å²) in [4.78, 5) is 16.4. The molecule has 0 bridgehead atoms. The first-order valence-electron chi connectivity index (χ1n) is 9.90. The number of rotatable bonds is 9. The van der Waals surface area contributed by atoms with Crippen LogP contribution in [-0.2, 0) is 17.4 Å². The Morgan fingerprint density at radius 2 is 2.06 bits per heavy atom. The van der Waals surface area contributed by atoms with Crippen molar-refractivity contribution in [1.82, 2.24) is 10.4 Å². The number of nitrogens with zero attached hydrogens (tertiary/aromatic N) is 2. The van der Waals surface area contributed by atoms with Gasteiger partial charge in [0.25, 0.3) is 0 Å². The minimum atomic E-state index is -4.44. The highest BCUT2D eigenvalue weighted by atomic mass is 35.5. The normalized spacial score (nSPS) is 11.5. The van der Waals surface area contributed by atoms with E-state index in [0.717, 1.165) is 12.1 Å². The number of amides is 1. The predicted octanol–water partition coefficient (Wildman–Crippen LogP) is 5.66. The number of alkyl halides is 3. The molecule has 12 heteroatoms. The summed E-state index contributed by atoms with van der Waals surface area (Å²) in [6.45, 7) is 2.27. The molecule has 0 spiro atoms. The van der Waals surface area contributed by atoms with E-state index in [1.165, 1.54) is 36.8 Å². The zero-order valence-electron chi connectivity index (χ0n) is 18.1.